The zero-order valence-electron chi connectivity index (χ0n) is 14.8. The summed E-state index contributed by atoms with van der Waals surface area (Å²) in [4.78, 5) is 12.9. The van der Waals surface area contributed by atoms with Gasteiger partial charge >= 0.3 is 0 Å². The Balaban J connectivity index is 1.97. The van der Waals surface area contributed by atoms with Gasteiger partial charge in [-0.25, -0.2) is 0 Å². The number of Topliss-reactive ketones (excluding diaryl/α,β-unsaturated/α-hetero) is 1. The molecular formula is C23H16BrCl2NO. The van der Waals surface area contributed by atoms with Crippen molar-refractivity contribution in [2.75, 3.05) is 0 Å². The lowest BCUT2D eigenvalue weighted by atomic mass is 9.78. The van der Waals surface area contributed by atoms with Gasteiger partial charge in [0.15, 0.2) is 5.78 Å². The fraction of sp³-hybridized carbons (Fsp3) is 0.130. The Bertz CT molecular complexity index is 993. The maximum absolute atomic E-state index is 12.9. The Hall–Kier alpha value is -2.12. The van der Waals surface area contributed by atoms with E-state index in [9.17, 15) is 10.1 Å². The number of hydrogen-bond acceptors (Lipinski definition) is 2. The minimum Gasteiger partial charge on any atom is -0.294 e. The smallest absolute Gasteiger partial charge is 0.163 e. The Labute approximate surface area is 182 Å². The molecule has 0 spiro atoms. The highest BCUT2D eigenvalue weighted by Crippen LogP contribution is 2.37. The van der Waals surface area contributed by atoms with Crippen molar-refractivity contribution in [3.8, 4) is 6.07 Å². The Morgan fingerprint density at radius 2 is 1.36 bits per heavy atom. The third kappa shape index (κ3) is 5.02. The van der Waals surface area contributed by atoms with Crippen molar-refractivity contribution >= 4 is 44.9 Å². The lowest BCUT2D eigenvalue weighted by molar-refractivity contribution is 0.0971. The van der Waals surface area contributed by atoms with Gasteiger partial charge in [0.1, 0.15) is 0 Å². The van der Waals surface area contributed by atoms with E-state index in [1.807, 2.05) is 36.4 Å². The normalized spacial score (nSPS) is 12.8. The van der Waals surface area contributed by atoms with Gasteiger partial charge in [-0.3, -0.25) is 4.79 Å². The zero-order chi connectivity index (χ0) is 20.1. The van der Waals surface area contributed by atoms with Crippen LogP contribution >= 0.6 is 39.1 Å². The zero-order valence-corrected chi connectivity index (χ0v) is 17.9. The van der Waals surface area contributed by atoms with E-state index in [4.69, 9.17) is 23.2 Å². The number of rotatable bonds is 6. The van der Waals surface area contributed by atoms with Crippen LogP contribution in [0.15, 0.2) is 77.3 Å². The molecule has 0 saturated carbocycles. The molecule has 3 aromatic carbocycles. The maximum atomic E-state index is 12.9. The molecule has 0 N–H and O–H groups in total. The number of carbonyl (C=O) groups is 1. The molecule has 5 heteroatoms. The largest absolute Gasteiger partial charge is 0.294 e. The summed E-state index contributed by atoms with van der Waals surface area (Å²) in [5.74, 6) is -0.806. The van der Waals surface area contributed by atoms with Gasteiger partial charge in [0.05, 0.1) is 12.0 Å². The van der Waals surface area contributed by atoms with Gasteiger partial charge in [0.25, 0.3) is 0 Å². The average molecular weight is 473 g/mol. The lowest BCUT2D eigenvalue weighted by Crippen LogP contribution is -2.15. The predicted octanol–water partition coefficient (Wildman–Crippen LogP) is 7.42. The molecule has 0 aliphatic rings. The first-order valence-corrected chi connectivity index (χ1v) is 10.2. The van der Waals surface area contributed by atoms with E-state index in [2.05, 4.69) is 22.0 Å². The molecule has 0 amide bonds. The van der Waals surface area contributed by atoms with Crippen LogP contribution in [-0.4, -0.2) is 5.78 Å². The lowest BCUT2D eigenvalue weighted by Gasteiger charge is -2.23. The molecule has 0 saturated heterocycles. The molecule has 140 valence electrons. The summed E-state index contributed by atoms with van der Waals surface area (Å²) in [6, 6.07) is 24.1. The molecule has 0 aliphatic heterocycles. The topological polar surface area (TPSA) is 40.9 Å². The summed E-state index contributed by atoms with van der Waals surface area (Å²) in [6.45, 7) is 0. The van der Waals surface area contributed by atoms with Crippen LogP contribution in [-0.2, 0) is 0 Å². The standard InChI is InChI=1S/C23H16BrCl2NO/c24-18-7-1-17(2-8-18)23(28)13-21(15-3-9-19(25)10-4-15)22(14-27)16-5-11-20(26)12-6-16/h1-12,21-22H,13H2/t21-,22+/m1/s1. The number of halogens is 3. The van der Waals surface area contributed by atoms with Crippen LogP contribution in [0.2, 0.25) is 10.0 Å². The Kier molecular flexibility index (Phi) is 6.91. The molecule has 2 atom stereocenters. The fourth-order valence-corrected chi connectivity index (χ4v) is 3.67. The molecule has 0 aromatic heterocycles. The fourth-order valence-electron chi connectivity index (χ4n) is 3.16. The molecule has 3 rings (SSSR count). The second-order valence-corrected chi connectivity index (χ2v) is 8.24. The van der Waals surface area contributed by atoms with Crippen LogP contribution in [0, 0.1) is 11.3 Å². The number of nitrogens with zero attached hydrogens (tertiary/aromatic N) is 1. The number of ketones is 1. The molecule has 0 bridgehead atoms. The molecule has 0 unspecified atom stereocenters. The molecule has 0 radical (unpaired) electrons. The first-order valence-electron chi connectivity index (χ1n) is 8.67. The quantitative estimate of drug-likeness (QED) is 0.350. The van der Waals surface area contributed by atoms with Crippen molar-refractivity contribution in [3.05, 3.63) is 104 Å². The van der Waals surface area contributed by atoms with Crippen LogP contribution < -0.4 is 0 Å². The molecule has 28 heavy (non-hydrogen) atoms. The molecule has 3 aromatic rings. The number of benzene rings is 3. The molecule has 0 aliphatic carbocycles. The Morgan fingerprint density at radius 3 is 1.86 bits per heavy atom. The van der Waals surface area contributed by atoms with E-state index < -0.39 is 5.92 Å². The van der Waals surface area contributed by atoms with Crippen LogP contribution in [0.5, 0.6) is 0 Å². The number of carbonyl (C=O) groups excluding carboxylic acids is 1. The monoisotopic (exact) mass is 471 g/mol. The predicted molar refractivity (Wildman–Crippen MR) is 117 cm³/mol. The van der Waals surface area contributed by atoms with Crippen LogP contribution in [0.1, 0.15) is 39.7 Å². The first-order chi connectivity index (χ1) is 13.5. The minimum absolute atomic E-state index is 0.0123. The summed E-state index contributed by atoms with van der Waals surface area (Å²) in [5, 5.41) is 11.1. The van der Waals surface area contributed by atoms with E-state index in [-0.39, 0.29) is 18.1 Å². The van der Waals surface area contributed by atoms with Crippen LogP contribution in [0.3, 0.4) is 0 Å². The van der Waals surface area contributed by atoms with Gasteiger partial charge in [-0.05, 0) is 47.5 Å². The van der Waals surface area contributed by atoms with E-state index in [1.165, 1.54) is 0 Å². The van der Waals surface area contributed by atoms with Crippen molar-refractivity contribution in [2.45, 2.75) is 18.3 Å². The average Bonchev–Trinajstić information content (AvgIpc) is 2.70. The molecule has 0 heterocycles. The summed E-state index contributed by atoms with van der Waals surface area (Å²) in [6.07, 6.45) is 0.212. The maximum Gasteiger partial charge on any atom is 0.163 e. The highest BCUT2D eigenvalue weighted by Gasteiger charge is 2.27. The van der Waals surface area contributed by atoms with Gasteiger partial charge in [-0.1, -0.05) is 75.5 Å². The van der Waals surface area contributed by atoms with E-state index in [0.717, 1.165) is 15.6 Å². The van der Waals surface area contributed by atoms with Crippen LogP contribution in [0.25, 0.3) is 0 Å². The highest BCUT2D eigenvalue weighted by atomic mass is 79.9. The third-order valence-corrected chi connectivity index (χ3v) is 5.67. The summed E-state index contributed by atoms with van der Waals surface area (Å²) in [7, 11) is 0. The second kappa shape index (κ2) is 9.39. The van der Waals surface area contributed by atoms with E-state index in [0.29, 0.717) is 15.6 Å². The summed E-state index contributed by atoms with van der Waals surface area (Å²) >= 11 is 15.4. The SMILES string of the molecule is N#C[C@@H](c1ccc(Cl)cc1)[C@H](CC(=O)c1ccc(Br)cc1)c1ccc(Cl)cc1. The van der Waals surface area contributed by atoms with Crippen molar-refractivity contribution in [3.63, 3.8) is 0 Å². The number of hydrogen-bond donors (Lipinski definition) is 0. The van der Waals surface area contributed by atoms with Gasteiger partial charge in [0.2, 0.25) is 0 Å². The first kappa shape index (κ1) is 20.6. The third-order valence-electron chi connectivity index (χ3n) is 4.64. The van der Waals surface area contributed by atoms with Gasteiger partial charge in [-0.15, -0.1) is 0 Å². The molecule has 2 nitrogen and oxygen atoms in total. The Morgan fingerprint density at radius 1 is 0.857 bits per heavy atom. The minimum atomic E-state index is -0.488. The summed E-state index contributed by atoms with van der Waals surface area (Å²) < 4.78 is 0.911. The highest BCUT2D eigenvalue weighted by molar-refractivity contribution is 9.10. The van der Waals surface area contributed by atoms with Gasteiger partial charge in [0, 0.05) is 32.4 Å². The van der Waals surface area contributed by atoms with Gasteiger partial charge < -0.3 is 0 Å². The van der Waals surface area contributed by atoms with Crippen molar-refractivity contribution < 1.29 is 4.79 Å². The number of nitriles is 1. The van der Waals surface area contributed by atoms with E-state index >= 15 is 0 Å². The summed E-state index contributed by atoms with van der Waals surface area (Å²) in [5.41, 5.74) is 2.35. The molecular weight excluding hydrogens is 457 g/mol. The van der Waals surface area contributed by atoms with Crippen molar-refractivity contribution in [1.82, 2.24) is 0 Å². The van der Waals surface area contributed by atoms with Gasteiger partial charge in [-0.2, -0.15) is 5.26 Å². The van der Waals surface area contributed by atoms with Crippen LogP contribution in [0.4, 0.5) is 0 Å². The van der Waals surface area contributed by atoms with Crippen molar-refractivity contribution in [1.29, 1.82) is 5.26 Å². The van der Waals surface area contributed by atoms with E-state index in [1.54, 1.807) is 36.4 Å². The van der Waals surface area contributed by atoms with Crippen molar-refractivity contribution in [2.24, 2.45) is 0 Å². The molecule has 0 fully saturated rings. The second-order valence-electron chi connectivity index (χ2n) is 6.45.